The lowest BCUT2D eigenvalue weighted by Gasteiger charge is -2.52. The zero-order chi connectivity index (χ0) is 16.7. The third kappa shape index (κ3) is 2.88. The first-order chi connectivity index (χ1) is 11.6. The van der Waals surface area contributed by atoms with Crippen molar-refractivity contribution in [2.75, 3.05) is 16.8 Å². The Morgan fingerprint density at radius 1 is 1.21 bits per heavy atom. The highest BCUT2D eigenvalue weighted by atomic mass is 32.2. The lowest BCUT2D eigenvalue weighted by atomic mass is 9.67. The van der Waals surface area contributed by atoms with Crippen LogP contribution in [0.25, 0.3) is 0 Å². The first-order valence-electron chi connectivity index (χ1n) is 8.93. The Hall–Kier alpha value is -0.680. The van der Waals surface area contributed by atoms with Crippen molar-refractivity contribution >= 4 is 35.1 Å². The zero-order valence-corrected chi connectivity index (χ0v) is 15.6. The van der Waals surface area contributed by atoms with Crippen molar-refractivity contribution in [3.05, 3.63) is 29.6 Å². The Kier molecular flexibility index (Phi) is 4.59. The second-order valence-corrected chi connectivity index (χ2v) is 10.4. The van der Waals surface area contributed by atoms with Gasteiger partial charge in [0.05, 0.1) is 4.08 Å². The van der Waals surface area contributed by atoms with Gasteiger partial charge in [-0.2, -0.15) is 0 Å². The van der Waals surface area contributed by atoms with Gasteiger partial charge in [-0.1, -0.05) is 6.42 Å². The monoisotopic (exact) mass is 365 g/mol. The standard InChI is InChI=1S/C19H24FNOS2/c1-12-9-16(20)5-6-17(12)21-18(22)13-10-14-3-2-4-15(11-13)19(14)23-7-8-24-19/h5-6,9,13-15H,2-4,7-8,10-11H2,1H3,(H,21,22)/t14-,15-/m1/s1. The highest BCUT2D eigenvalue weighted by Crippen LogP contribution is 2.64. The van der Waals surface area contributed by atoms with Crippen LogP contribution in [0, 0.1) is 30.5 Å². The Bertz CT molecular complexity index is 628. The maximum Gasteiger partial charge on any atom is 0.227 e. The molecule has 0 unspecified atom stereocenters. The van der Waals surface area contributed by atoms with Gasteiger partial charge in [0, 0.05) is 23.1 Å². The van der Waals surface area contributed by atoms with Crippen LogP contribution in [0.15, 0.2) is 18.2 Å². The molecule has 130 valence electrons. The number of halogens is 1. The summed E-state index contributed by atoms with van der Waals surface area (Å²) >= 11 is 4.34. The molecule has 4 rings (SSSR count). The van der Waals surface area contributed by atoms with E-state index in [4.69, 9.17) is 0 Å². The third-order valence-electron chi connectivity index (χ3n) is 5.94. The molecule has 1 aromatic rings. The first kappa shape index (κ1) is 16.8. The van der Waals surface area contributed by atoms with Gasteiger partial charge in [0.15, 0.2) is 0 Å². The fourth-order valence-electron chi connectivity index (χ4n) is 4.83. The molecule has 1 spiro atoms. The minimum absolute atomic E-state index is 0.108. The molecule has 0 radical (unpaired) electrons. The highest BCUT2D eigenvalue weighted by Gasteiger charge is 2.55. The van der Waals surface area contributed by atoms with E-state index in [1.54, 1.807) is 6.07 Å². The average molecular weight is 366 g/mol. The summed E-state index contributed by atoms with van der Waals surface area (Å²) in [6.45, 7) is 1.84. The number of rotatable bonds is 2. The van der Waals surface area contributed by atoms with E-state index in [2.05, 4.69) is 28.8 Å². The summed E-state index contributed by atoms with van der Waals surface area (Å²) in [4.78, 5) is 12.8. The molecular formula is C19H24FNOS2. The lowest BCUT2D eigenvalue weighted by Crippen LogP contribution is -2.48. The molecule has 3 fully saturated rings. The van der Waals surface area contributed by atoms with Gasteiger partial charge in [0.1, 0.15) is 5.82 Å². The lowest BCUT2D eigenvalue weighted by molar-refractivity contribution is -0.122. The summed E-state index contributed by atoms with van der Waals surface area (Å²) in [5, 5.41) is 3.06. The van der Waals surface area contributed by atoms with Crippen LogP contribution in [0.1, 0.15) is 37.7 Å². The van der Waals surface area contributed by atoms with Crippen LogP contribution < -0.4 is 5.32 Å². The van der Waals surface area contributed by atoms with Crippen molar-refractivity contribution in [3.8, 4) is 0 Å². The van der Waals surface area contributed by atoms with E-state index < -0.39 is 0 Å². The van der Waals surface area contributed by atoms with Crippen molar-refractivity contribution in [1.29, 1.82) is 0 Å². The van der Waals surface area contributed by atoms with Crippen molar-refractivity contribution in [2.24, 2.45) is 17.8 Å². The van der Waals surface area contributed by atoms with Gasteiger partial charge < -0.3 is 5.32 Å². The Morgan fingerprint density at radius 3 is 2.50 bits per heavy atom. The number of hydrogen-bond acceptors (Lipinski definition) is 3. The molecule has 0 aromatic heterocycles. The molecule has 24 heavy (non-hydrogen) atoms. The second kappa shape index (κ2) is 6.56. The molecule has 5 heteroatoms. The van der Waals surface area contributed by atoms with Crippen LogP contribution >= 0.6 is 23.5 Å². The number of amides is 1. The largest absolute Gasteiger partial charge is 0.326 e. The number of aryl methyl sites for hydroxylation is 1. The number of carbonyl (C=O) groups is 1. The van der Waals surface area contributed by atoms with E-state index in [-0.39, 0.29) is 17.6 Å². The third-order valence-corrected chi connectivity index (χ3v) is 9.95. The molecule has 1 aromatic carbocycles. The van der Waals surface area contributed by atoms with Crippen molar-refractivity contribution in [1.82, 2.24) is 0 Å². The maximum atomic E-state index is 13.2. The van der Waals surface area contributed by atoms with Crippen LogP contribution in [0.3, 0.4) is 0 Å². The molecule has 2 bridgehead atoms. The quantitative estimate of drug-likeness (QED) is 0.793. The molecule has 1 aliphatic heterocycles. The van der Waals surface area contributed by atoms with Gasteiger partial charge in [0.2, 0.25) is 5.91 Å². The number of benzene rings is 1. The van der Waals surface area contributed by atoms with E-state index >= 15 is 0 Å². The van der Waals surface area contributed by atoms with Crippen LogP contribution in [0.5, 0.6) is 0 Å². The highest BCUT2D eigenvalue weighted by molar-refractivity contribution is 8.21. The molecule has 1 N–H and O–H groups in total. The molecule has 3 aliphatic rings. The predicted octanol–water partition coefficient (Wildman–Crippen LogP) is 5.08. The Morgan fingerprint density at radius 2 is 1.88 bits per heavy atom. The smallest absolute Gasteiger partial charge is 0.227 e. The van der Waals surface area contributed by atoms with Crippen LogP contribution in [-0.4, -0.2) is 21.5 Å². The number of anilines is 1. The van der Waals surface area contributed by atoms with Crippen molar-refractivity contribution < 1.29 is 9.18 Å². The number of hydrogen-bond donors (Lipinski definition) is 1. The second-order valence-electron chi connectivity index (χ2n) is 7.36. The Labute approximate surface area is 151 Å². The van der Waals surface area contributed by atoms with Crippen molar-refractivity contribution in [3.63, 3.8) is 0 Å². The van der Waals surface area contributed by atoms with Crippen LogP contribution in [0.4, 0.5) is 10.1 Å². The summed E-state index contributed by atoms with van der Waals surface area (Å²) in [7, 11) is 0. The normalized spacial score (nSPS) is 31.2. The van der Waals surface area contributed by atoms with Crippen molar-refractivity contribution in [2.45, 2.75) is 43.1 Å². The van der Waals surface area contributed by atoms with E-state index in [1.807, 2.05) is 6.92 Å². The average Bonchev–Trinajstić information content (AvgIpc) is 2.99. The van der Waals surface area contributed by atoms with Crippen LogP contribution in [0.2, 0.25) is 0 Å². The molecule has 2 atom stereocenters. The summed E-state index contributed by atoms with van der Waals surface area (Å²) in [5.41, 5.74) is 1.54. The summed E-state index contributed by atoms with van der Waals surface area (Å²) in [6, 6.07) is 4.57. The van der Waals surface area contributed by atoms with E-state index in [0.717, 1.165) is 24.1 Å². The molecule has 2 nitrogen and oxygen atoms in total. The topological polar surface area (TPSA) is 29.1 Å². The van der Waals surface area contributed by atoms with Crippen LogP contribution in [-0.2, 0) is 4.79 Å². The molecule has 2 aliphatic carbocycles. The predicted molar refractivity (Wildman–Crippen MR) is 101 cm³/mol. The maximum absolute atomic E-state index is 13.2. The van der Waals surface area contributed by atoms with E-state index in [0.29, 0.717) is 15.9 Å². The summed E-state index contributed by atoms with van der Waals surface area (Å²) < 4.78 is 13.7. The van der Waals surface area contributed by atoms with Gasteiger partial charge in [-0.25, -0.2) is 4.39 Å². The molecule has 1 heterocycles. The fraction of sp³-hybridized carbons (Fsp3) is 0.632. The molecular weight excluding hydrogens is 341 g/mol. The van der Waals surface area contributed by atoms with E-state index in [9.17, 15) is 9.18 Å². The van der Waals surface area contributed by atoms with Gasteiger partial charge in [-0.15, -0.1) is 23.5 Å². The van der Waals surface area contributed by atoms with Gasteiger partial charge in [-0.3, -0.25) is 4.79 Å². The summed E-state index contributed by atoms with van der Waals surface area (Å²) in [5.74, 6) is 3.86. The van der Waals surface area contributed by atoms with Gasteiger partial charge in [-0.05, 0) is 68.2 Å². The molecule has 2 saturated carbocycles. The molecule has 1 amide bonds. The zero-order valence-electron chi connectivity index (χ0n) is 14.0. The minimum Gasteiger partial charge on any atom is -0.326 e. The number of carbonyl (C=O) groups excluding carboxylic acids is 1. The van der Waals surface area contributed by atoms with E-state index in [1.165, 1.54) is 42.9 Å². The SMILES string of the molecule is Cc1cc(F)ccc1NC(=O)C1C[C@H]2CCC[C@H](C1)C21SCCS1. The summed E-state index contributed by atoms with van der Waals surface area (Å²) in [6.07, 6.45) is 5.90. The van der Waals surface area contributed by atoms with Gasteiger partial charge in [0.25, 0.3) is 0 Å². The number of nitrogens with one attached hydrogen (secondary N) is 1. The molecule has 1 saturated heterocycles. The minimum atomic E-state index is -0.255. The number of thioether (sulfide) groups is 2. The van der Waals surface area contributed by atoms with Gasteiger partial charge >= 0.3 is 0 Å². The first-order valence-corrected chi connectivity index (χ1v) is 10.9. The Balaban J connectivity index is 1.48. The fourth-order valence-corrected chi connectivity index (χ4v) is 8.76.